The van der Waals surface area contributed by atoms with Crippen LogP contribution in [0.5, 0.6) is 0 Å². The minimum Gasteiger partial charge on any atom is -0.371 e. The van der Waals surface area contributed by atoms with E-state index < -0.39 is 0 Å². The van der Waals surface area contributed by atoms with Crippen molar-refractivity contribution in [2.45, 2.75) is 51.6 Å². The second-order valence-electron chi connectivity index (χ2n) is 10.9. The highest BCUT2D eigenvalue weighted by molar-refractivity contribution is 6.08. The molecule has 2 saturated heterocycles. The van der Waals surface area contributed by atoms with Gasteiger partial charge in [-0.05, 0) is 89.0 Å². The fraction of sp³-hybridized carbons (Fsp3) is 0.452. The van der Waals surface area contributed by atoms with Crippen molar-refractivity contribution in [3.8, 4) is 0 Å². The zero-order valence-corrected chi connectivity index (χ0v) is 24.9. The van der Waals surface area contributed by atoms with Crippen LogP contribution in [0, 0.1) is 0 Å². The van der Waals surface area contributed by atoms with E-state index in [0.29, 0.717) is 24.6 Å². The molecule has 2 aliphatic heterocycles. The predicted octanol–water partition coefficient (Wildman–Crippen LogP) is 4.02. The summed E-state index contributed by atoms with van der Waals surface area (Å²) in [6.45, 7) is 12.6. The Labute approximate surface area is 248 Å². The number of piperidine rings is 1. The highest BCUT2D eigenvalue weighted by Crippen LogP contribution is 2.27. The lowest BCUT2D eigenvalue weighted by Gasteiger charge is -2.37. The summed E-state index contributed by atoms with van der Waals surface area (Å²) in [5.74, 6) is 0.544. The molecule has 1 aromatic heterocycles. The lowest BCUT2D eigenvalue weighted by molar-refractivity contribution is -0.104. The van der Waals surface area contributed by atoms with E-state index in [0.717, 1.165) is 24.8 Å². The number of benzene rings is 1. The predicted molar refractivity (Wildman–Crippen MR) is 169 cm³/mol. The van der Waals surface area contributed by atoms with Gasteiger partial charge in [0.15, 0.2) is 5.84 Å². The van der Waals surface area contributed by atoms with Crippen molar-refractivity contribution >= 4 is 41.2 Å². The van der Waals surface area contributed by atoms with Crippen LogP contribution in [0.2, 0.25) is 0 Å². The summed E-state index contributed by atoms with van der Waals surface area (Å²) in [5, 5.41) is 15.4. The summed E-state index contributed by atoms with van der Waals surface area (Å²) < 4.78 is 0. The highest BCUT2D eigenvalue weighted by atomic mass is 16.1. The van der Waals surface area contributed by atoms with E-state index in [9.17, 15) is 9.59 Å². The van der Waals surface area contributed by atoms with Crippen molar-refractivity contribution < 1.29 is 9.59 Å². The van der Waals surface area contributed by atoms with Gasteiger partial charge in [-0.25, -0.2) is 4.98 Å². The first-order chi connectivity index (χ1) is 20.4. The number of hydrogen-bond donors (Lipinski definition) is 3. The largest absolute Gasteiger partial charge is 0.371 e. The van der Waals surface area contributed by atoms with E-state index in [4.69, 9.17) is 0 Å². The molecule has 2 fully saturated rings. The highest BCUT2D eigenvalue weighted by Gasteiger charge is 2.26. The zero-order chi connectivity index (χ0) is 29.9. The van der Waals surface area contributed by atoms with Gasteiger partial charge in [-0.1, -0.05) is 6.08 Å². The lowest BCUT2D eigenvalue weighted by Crippen LogP contribution is -2.43. The van der Waals surface area contributed by atoms with Crippen molar-refractivity contribution in [1.29, 1.82) is 0 Å². The molecule has 2 aromatic rings. The Kier molecular flexibility index (Phi) is 11.0. The van der Waals surface area contributed by atoms with Crippen LogP contribution in [-0.2, 0) is 4.79 Å². The van der Waals surface area contributed by atoms with Gasteiger partial charge in [0.1, 0.15) is 17.7 Å². The third kappa shape index (κ3) is 8.39. The van der Waals surface area contributed by atoms with Gasteiger partial charge in [-0.3, -0.25) is 14.6 Å². The van der Waals surface area contributed by atoms with Crippen LogP contribution in [0.1, 0.15) is 49.9 Å². The Morgan fingerprint density at radius 3 is 2.52 bits per heavy atom. The molecule has 224 valence electrons. The molecule has 11 nitrogen and oxygen atoms in total. The number of anilines is 4. The molecule has 1 amide bonds. The number of aromatic nitrogens is 2. The molecular weight excluding hydrogens is 530 g/mol. The van der Waals surface area contributed by atoms with Crippen molar-refractivity contribution in [2.24, 2.45) is 5.10 Å². The first kappa shape index (κ1) is 30.7. The summed E-state index contributed by atoms with van der Waals surface area (Å²) in [5.41, 5.74) is 2.26. The number of nitrogens with zero attached hydrogens (tertiary/aromatic N) is 6. The lowest BCUT2D eigenvalue weighted by atomic mass is 10.0. The molecule has 0 unspecified atom stereocenters. The maximum Gasteiger partial charge on any atom is 0.256 e. The molecule has 0 spiro atoms. The van der Waals surface area contributed by atoms with Crippen LogP contribution in [0.3, 0.4) is 0 Å². The summed E-state index contributed by atoms with van der Waals surface area (Å²) in [7, 11) is 1.82. The minimum absolute atomic E-state index is 0.115. The van der Waals surface area contributed by atoms with Crippen molar-refractivity contribution in [1.82, 2.24) is 25.2 Å². The number of hydrogen-bond acceptors (Lipinski definition) is 9. The van der Waals surface area contributed by atoms with E-state index in [1.165, 1.54) is 62.8 Å². The molecule has 0 bridgehead atoms. The molecule has 0 radical (unpaired) electrons. The number of nitrogens with one attached hydrogen (secondary N) is 3. The Bertz CT molecular complexity index is 1260. The van der Waals surface area contributed by atoms with Crippen molar-refractivity contribution in [2.75, 3.05) is 55.3 Å². The number of carbonyl (C=O) groups excluding carboxylic acids is 2. The standard InChI is InChI=1S/C31H43N9O2/c1-5-16-32-30(42)27-22-33-31(36-29(27)35-28(9-8-21-41)37-38(4)23(2)3)34-24-10-12-25(13-11-24)40-19-14-26(15-20-40)39-17-6-7-18-39/h5,8-13,21-23,26H,1,6-7,14-20H2,2-4H3,(H,32,42)(H2,33,34,35,36,37)/b9-8-. The van der Waals surface area contributed by atoms with Gasteiger partial charge in [0.2, 0.25) is 5.95 Å². The SMILES string of the molecule is C=CCNC(=O)c1cnc(Nc2ccc(N3CCC(N4CCCC4)CC3)cc2)nc1NC(/C=C\C=O)=N/N(C)C(C)C. The Morgan fingerprint density at radius 1 is 1.17 bits per heavy atom. The van der Waals surface area contributed by atoms with Crippen LogP contribution in [0.25, 0.3) is 0 Å². The zero-order valence-electron chi connectivity index (χ0n) is 24.9. The van der Waals surface area contributed by atoms with Crippen molar-refractivity contribution in [3.63, 3.8) is 0 Å². The smallest absolute Gasteiger partial charge is 0.256 e. The van der Waals surface area contributed by atoms with Gasteiger partial charge in [-0.2, -0.15) is 10.1 Å². The molecule has 0 aliphatic carbocycles. The average Bonchev–Trinajstić information content (AvgIpc) is 3.54. The minimum atomic E-state index is -0.363. The van der Waals surface area contributed by atoms with Crippen LogP contribution in [-0.4, -0.2) is 89.8 Å². The monoisotopic (exact) mass is 573 g/mol. The third-order valence-electron chi connectivity index (χ3n) is 7.64. The number of rotatable bonds is 12. The molecule has 42 heavy (non-hydrogen) atoms. The van der Waals surface area contributed by atoms with E-state index in [1.54, 1.807) is 11.1 Å². The first-order valence-electron chi connectivity index (χ1n) is 14.7. The van der Waals surface area contributed by atoms with E-state index in [2.05, 4.69) is 59.5 Å². The summed E-state index contributed by atoms with van der Waals surface area (Å²) in [6.07, 6.45) is 11.7. The third-order valence-corrected chi connectivity index (χ3v) is 7.64. The molecule has 3 heterocycles. The number of aldehydes is 1. The number of likely N-dealkylation sites (tertiary alicyclic amines) is 1. The van der Waals surface area contributed by atoms with Gasteiger partial charge >= 0.3 is 0 Å². The van der Waals surface area contributed by atoms with E-state index >= 15 is 0 Å². The summed E-state index contributed by atoms with van der Waals surface area (Å²) in [4.78, 5) is 38.0. The topological polar surface area (TPSA) is 118 Å². The normalized spacial score (nSPS) is 16.6. The summed E-state index contributed by atoms with van der Waals surface area (Å²) >= 11 is 0. The number of allylic oxidation sites excluding steroid dienone is 1. The quantitative estimate of drug-likeness (QED) is 0.0864. The average molecular weight is 574 g/mol. The van der Waals surface area contributed by atoms with Gasteiger partial charge in [0.25, 0.3) is 5.91 Å². The molecule has 1 aromatic carbocycles. The van der Waals surface area contributed by atoms with E-state index in [1.807, 2.05) is 33.0 Å². The maximum absolute atomic E-state index is 12.9. The fourth-order valence-corrected chi connectivity index (χ4v) is 5.08. The molecule has 2 aliphatic rings. The first-order valence-corrected chi connectivity index (χ1v) is 14.7. The number of amidine groups is 1. The Hall–Kier alpha value is -4.25. The van der Waals surface area contributed by atoms with Gasteiger partial charge in [0, 0.05) is 56.3 Å². The van der Waals surface area contributed by atoms with Crippen LogP contribution >= 0.6 is 0 Å². The molecule has 11 heteroatoms. The molecule has 3 N–H and O–H groups in total. The Morgan fingerprint density at radius 2 is 1.88 bits per heavy atom. The maximum atomic E-state index is 12.9. The van der Waals surface area contributed by atoms with Gasteiger partial charge in [0.05, 0.1) is 0 Å². The molecule has 0 atom stereocenters. The van der Waals surface area contributed by atoms with Crippen LogP contribution < -0.4 is 20.9 Å². The summed E-state index contributed by atoms with van der Waals surface area (Å²) in [6, 6.07) is 9.10. The fourth-order valence-electron chi connectivity index (χ4n) is 5.08. The Balaban J connectivity index is 1.49. The number of carbonyl (C=O) groups is 2. The second-order valence-corrected chi connectivity index (χ2v) is 10.9. The van der Waals surface area contributed by atoms with Gasteiger partial charge < -0.3 is 25.8 Å². The van der Waals surface area contributed by atoms with Crippen LogP contribution in [0.4, 0.5) is 23.1 Å². The molecular formula is C31H43N9O2. The molecule has 4 rings (SSSR count). The van der Waals surface area contributed by atoms with Crippen molar-refractivity contribution in [3.05, 3.63) is 60.8 Å². The van der Waals surface area contributed by atoms with Gasteiger partial charge in [-0.15, -0.1) is 6.58 Å². The number of amides is 1. The second kappa shape index (κ2) is 15.1. The van der Waals surface area contributed by atoms with E-state index in [-0.39, 0.29) is 23.3 Å². The molecule has 0 saturated carbocycles. The van der Waals surface area contributed by atoms with Crippen LogP contribution in [0.15, 0.2) is 60.4 Å². The number of hydrazone groups is 1.